The molecule has 0 aromatic carbocycles. The molecule has 26 atom stereocenters. The molecular formula is C48H78O17. The Morgan fingerprint density at radius 3 is 1.94 bits per heavy atom. The van der Waals surface area contributed by atoms with Crippen LogP contribution < -0.4 is 0 Å². The van der Waals surface area contributed by atoms with Gasteiger partial charge in [-0.3, -0.25) is 0 Å². The number of aliphatic hydroxyl groups excluding tert-OH is 9. The van der Waals surface area contributed by atoms with Gasteiger partial charge in [0.05, 0.1) is 43.2 Å². The standard InChI is InChI=1S/C48H78O17/c1-21(2)16-24-17-46(9,65-42-38(57)34(53)31(50)23(4)61-42)39-25-10-11-28-44(7)14-13-29(43(5,6)27(44)12-15-45(28,8)47(25)19-48(39,64-24)59-20-47)63-41-37(56)35(54)32(51)26(62-41)18-58-40-36(55)33(52)30(49)22(3)60-40/h16,22-42,49-57H,10-15,17-20H2,1-9H3/t22-,23-,24-,25+,26+,27-,28+,29-,30-,31-,32+,33+,34+,35-,36+,37+,38+,39-,40+,41-,42-,44-,45+,46-,47-,48-/m0/s1. The van der Waals surface area contributed by atoms with Gasteiger partial charge in [0, 0.05) is 24.2 Å². The van der Waals surface area contributed by atoms with Crippen LogP contribution in [0.15, 0.2) is 11.6 Å². The summed E-state index contributed by atoms with van der Waals surface area (Å²) < 4.78 is 51.3. The lowest BCUT2D eigenvalue weighted by molar-refractivity contribution is -0.384. The van der Waals surface area contributed by atoms with Crippen LogP contribution in [0.5, 0.6) is 0 Å². The summed E-state index contributed by atoms with van der Waals surface area (Å²) in [5.74, 6) is -0.359. The molecule has 0 aromatic heterocycles. The van der Waals surface area contributed by atoms with E-state index in [1.54, 1.807) is 6.92 Å². The number of hydrogen-bond donors (Lipinski definition) is 9. The van der Waals surface area contributed by atoms with Crippen molar-refractivity contribution in [3.05, 3.63) is 11.6 Å². The van der Waals surface area contributed by atoms with E-state index in [-0.39, 0.29) is 52.8 Å². The predicted molar refractivity (Wildman–Crippen MR) is 228 cm³/mol. The van der Waals surface area contributed by atoms with Crippen molar-refractivity contribution in [3.8, 4) is 0 Å². The Morgan fingerprint density at radius 1 is 0.662 bits per heavy atom. The van der Waals surface area contributed by atoms with Gasteiger partial charge in [0.25, 0.3) is 0 Å². The highest BCUT2D eigenvalue weighted by molar-refractivity contribution is 5.27. The van der Waals surface area contributed by atoms with Gasteiger partial charge in [0.2, 0.25) is 0 Å². The minimum absolute atomic E-state index is 0.0910. The summed E-state index contributed by atoms with van der Waals surface area (Å²) in [6, 6.07) is 0. The second kappa shape index (κ2) is 16.8. The van der Waals surface area contributed by atoms with Gasteiger partial charge < -0.3 is 83.9 Å². The normalized spacial score (nSPS) is 58.3. The number of aliphatic hydroxyl groups is 9. The van der Waals surface area contributed by atoms with Crippen molar-refractivity contribution in [1.82, 2.24) is 0 Å². The van der Waals surface area contributed by atoms with Crippen LogP contribution >= 0.6 is 0 Å². The molecule has 0 radical (unpaired) electrons. The van der Waals surface area contributed by atoms with Crippen LogP contribution in [0.2, 0.25) is 0 Å². The monoisotopic (exact) mass is 927 g/mol. The second-order valence-corrected chi connectivity index (χ2v) is 23.4. The first kappa shape index (κ1) is 49.1. The number of fused-ring (bicyclic) bond motifs is 4. The number of hydrogen-bond acceptors (Lipinski definition) is 17. The van der Waals surface area contributed by atoms with Crippen LogP contribution in [0.3, 0.4) is 0 Å². The summed E-state index contributed by atoms with van der Waals surface area (Å²) in [7, 11) is 0. The highest BCUT2D eigenvalue weighted by atomic mass is 16.7. The minimum Gasteiger partial charge on any atom is -0.388 e. The Kier molecular flexibility index (Phi) is 12.7. The first-order valence-electron chi connectivity index (χ1n) is 24.3. The summed E-state index contributed by atoms with van der Waals surface area (Å²) in [5.41, 5.74) is -0.608. The van der Waals surface area contributed by atoms with Crippen LogP contribution in [0.1, 0.15) is 114 Å². The van der Waals surface area contributed by atoms with E-state index >= 15 is 0 Å². The molecule has 2 bridgehead atoms. The van der Waals surface area contributed by atoms with Crippen molar-refractivity contribution in [2.45, 2.75) is 229 Å². The van der Waals surface area contributed by atoms with E-state index in [0.717, 1.165) is 44.1 Å². The molecule has 2 spiro atoms. The van der Waals surface area contributed by atoms with Gasteiger partial charge >= 0.3 is 0 Å². The lowest BCUT2D eigenvalue weighted by Gasteiger charge is -2.70. The van der Waals surface area contributed by atoms with Crippen molar-refractivity contribution < 1.29 is 83.9 Å². The maximum absolute atomic E-state index is 11.2. The molecule has 0 amide bonds. The first-order valence-corrected chi connectivity index (χ1v) is 24.3. The Balaban J connectivity index is 0.936. The zero-order valence-electron chi connectivity index (χ0n) is 39.6. The highest BCUT2D eigenvalue weighted by Crippen LogP contribution is 2.80. The van der Waals surface area contributed by atoms with Crippen molar-refractivity contribution in [1.29, 1.82) is 0 Å². The molecule has 9 fully saturated rings. The maximum atomic E-state index is 11.2. The Morgan fingerprint density at radius 2 is 1.28 bits per heavy atom. The van der Waals surface area contributed by atoms with Gasteiger partial charge in [-0.15, -0.1) is 0 Å². The van der Waals surface area contributed by atoms with Gasteiger partial charge in [-0.1, -0.05) is 39.3 Å². The zero-order valence-corrected chi connectivity index (χ0v) is 39.6. The van der Waals surface area contributed by atoms with E-state index in [1.807, 2.05) is 13.8 Å². The fourth-order valence-electron chi connectivity index (χ4n) is 15.9. The predicted octanol–water partition coefficient (Wildman–Crippen LogP) is 1.38. The Labute approximate surface area is 382 Å². The molecular weight excluding hydrogens is 849 g/mol. The van der Waals surface area contributed by atoms with Gasteiger partial charge in [0.15, 0.2) is 24.7 Å². The smallest absolute Gasteiger partial charge is 0.187 e. The Hall–Kier alpha value is -0.940. The van der Waals surface area contributed by atoms with Gasteiger partial charge in [-0.05, 0) is 107 Å². The first-order chi connectivity index (χ1) is 30.3. The molecule has 0 unspecified atom stereocenters. The number of rotatable bonds is 8. The molecule has 17 heteroatoms. The average Bonchev–Trinajstić information content (AvgIpc) is 3.76. The zero-order chi connectivity index (χ0) is 47.1. The van der Waals surface area contributed by atoms with Crippen LogP contribution in [0, 0.1) is 45.3 Å². The molecule has 0 aromatic rings. The third kappa shape index (κ3) is 7.42. The molecule has 9 rings (SSSR count). The van der Waals surface area contributed by atoms with E-state index in [4.69, 9.17) is 37.9 Å². The van der Waals surface area contributed by atoms with Crippen LogP contribution in [0.25, 0.3) is 0 Å². The Bertz CT molecular complexity index is 1780. The van der Waals surface area contributed by atoms with E-state index in [9.17, 15) is 46.0 Å². The van der Waals surface area contributed by atoms with Crippen LogP contribution in [-0.2, 0) is 37.9 Å². The molecule has 5 aliphatic heterocycles. The molecule has 65 heavy (non-hydrogen) atoms. The third-order valence-corrected chi connectivity index (χ3v) is 19.1. The molecule has 372 valence electrons. The second-order valence-electron chi connectivity index (χ2n) is 23.4. The SMILES string of the molecule is CC(C)=C[C@H]1C[C@](C)(O[C@@H]2O[C@@H](C)[C@H](O)[C@@H](O)[C@H]2O)[C@@H]2[C@H]3CC[C@@H]4[C@@]5(C)CC[C@H](O[C@@H]6O[C@H](CO[C@@H]7O[C@@H](C)[C@H](O)[C@@H](O)[C@H]7O)[C@@H](O)[C@H](O)[C@H]6O)C(C)(C)[C@@H]5CC[C@@]4(C)[C@@]34CO[C@@]2(C4)O1. The van der Waals surface area contributed by atoms with E-state index in [1.165, 1.54) is 6.92 Å². The molecule has 9 N–H and O–H groups in total. The summed E-state index contributed by atoms with van der Waals surface area (Å²) in [5, 5.41) is 96.6. The van der Waals surface area contributed by atoms with Crippen molar-refractivity contribution in [2.75, 3.05) is 13.2 Å². The van der Waals surface area contributed by atoms with E-state index in [2.05, 4.69) is 40.7 Å². The number of allylic oxidation sites excluding steroid dienone is 1. The van der Waals surface area contributed by atoms with E-state index < -0.39 is 109 Å². The number of ether oxygens (including phenoxy) is 8. The lowest BCUT2D eigenvalue weighted by atomic mass is 9.35. The van der Waals surface area contributed by atoms with Gasteiger partial charge in [0.1, 0.15) is 61.0 Å². The topological polar surface area (TPSA) is 256 Å². The van der Waals surface area contributed by atoms with Gasteiger partial charge in [-0.25, -0.2) is 0 Å². The maximum Gasteiger partial charge on any atom is 0.187 e. The van der Waals surface area contributed by atoms with Crippen LogP contribution in [0.4, 0.5) is 0 Å². The fraction of sp³-hybridized carbons (Fsp3) is 0.958. The highest BCUT2D eigenvalue weighted by Gasteiger charge is 2.81. The molecule has 5 saturated heterocycles. The summed E-state index contributed by atoms with van der Waals surface area (Å²) in [6.07, 6.45) is -11.7. The lowest BCUT2D eigenvalue weighted by Crippen LogP contribution is -2.68. The summed E-state index contributed by atoms with van der Waals surface area (Å²) in [6.45, 7) is 19.0. The molecule has 4 saturated carbocycles. The molecule has 17 nitrogen and oxygen atoms in total. The average molecular weight is 927 g/mol. The van der Waals surface area contributed by atoms with Crippen molar-refractivity contribution in [2.24, 2.45) is 45.3 Å². The fourth-order valence-corrected chi connectivity index (χ4v) is 15.9. The largest absolute Gasteiger partial charge is 0.388 e. The minimum atomic E-state index is -1.61. The quantitative estimate of drug-likeness (QED) is 0.123. The van der Waals surface area contributed by atoms with E-state index in [0.29, 0.717) is 25.4 Å². The summed E-state index contributed by atoms with van der Waals surface area (Å²) >= 11 is 0. The molecule has 4 aliphatic carbocycles. The van der Waals surface area contributed by atoms with Crippen molar-refractivity contribution in [3.63, 3.8) is 0 Å². The third-order valence-electron chi connectivity index (χ3n) is 19.1. The molecule has 5 heterocycles. The molecule has 9 aliphatic rings. The van der Waals surface area contributed by atoms with Crippen LogP contribution in [-0.4, -0.2) is 175 Å². The van der Waals surface area contributed by atoms with Gasteiger partial charge in [-0.2, -0.15) is 0 Å². The van der Waals surface area contributed by atoms with Crippen molar-refractivity contribution >= 4 is 0 Å². The summed E-state index contributed by atoms with van der Waals surface area (Å²) in [4.78, 5) is 0.